The molecule has 40 heavy (non-hydrogen) atoms. The molecule has 0 bridgehead atoms. The first-order valence-electron chi connectivity index (χ1n) is 13.8. The molecule has 1 aromatic heterocycles. The van der Waals surface area contributed by atoms with Crippen LogP contribution in [0.4, 0.5) is 10.5 Å². The van der Waals surface area contributed by atoms with Gasteiger partial charge in [-0.05, 0) is 66.4 Å². The third-order valence-corrected chi connectivity index (χ3v) is 8.54. The van der Waals surface area contributed by atoms with Gasteiger partial charge in [-0.25, -0.2) is 9.69 Å². The number of aromatic nitrogens is 1. The largest absolute Gasteiger partial charge is 0.497 e. The van der Waals surface area contributed by atoms with E-state index in [4.69, 9.17) is 4.74 Å². The van der Waals surface area contributed by atoms with Crippen molar-refractivity contribution < 1.29 is 19.1 Å². The molecule has 3 heterocycles. The van der Waals surface area contributed by atoms with Crippen molar-refractivity contribution in [3.63, 3.8) is 0 Å². The van der Waals surface area contributed by atoms with Crippen molar-refractivity contribution in [1.82, 2.24) is 15.2 Å². The van der Waals surface area contributed by atoms with Crippen LogP contribution in [0.15, 0.2) is 72.8 Å². The minimum atomic E-state index is -0.652. The zero-order valence-electron chi connectivity index (χ0n) is 22.2. The van der Waals surface area contributed by atoms with Gasteiger partial charge < -0.3 is 15.0 Å². The molecule has 2 aliphatic heterocycles. The molecule has 202 valence electrons. The van der Waals surface area contributed by atoms with Gasteiger partial charge in [-0.3, -0.25) is 14.5 Å². The Bertz CT molecular complexity index is 1640. The van der Waals surface area contributed by atoms with Crippen LogP contribution in [-0.2, 0) is 11.2 Å². The van der Waals surface area contributed by atoms with Gasteiger partial charge in [0, 0.05) is 34.6 Å². The van der Waals surface area contributed by atoms with Crippen molar-refractivity contribution in [2.45, 2.75) is 50.2 Å². The summed E-state index contributed by atoms with van der Waals surface area (Å²) in [6.45, 7) is 0. The molecule has 1 aliphatic carbocycles. The number of fused-ring (bicyclic) bond motifs is 4. The van der Waals surface area contributed by atoms with E-state index in [0.717, 1.165) is 53.4 Å². The number of amides is 4. The van der Waals surface area contributed by atoms with Gasteiger partial charge in [-0.15, -0.1) is 0 Å². The maximum absolute atomic E-state index is 14.1. The lowest BCUT2D eigenvalue weighted by atomic mass is 9.89. The number of rotatable bonds is 5. The number of carbonyl (C=O) groups is 3. The first-order chi connectivity index (χ1) is 19.5. The number of urea groups is 1. The van der Waals surface area contributed by atoms with Crippen molar-refractivity contribution in [1.29, 1.82) is 0 Å². The Balaban J connectivity index is 1.25. The summed E-state index contributed by atoms with van der Waals surface area (Å²) < 4.78 is 5.49. The van der Waals surface area contributed by atoms with Gasteiger partial charge in [0.1, 0.15) is 17.8 Å². The predicted molar refractivity (Wildman–Crippen MR) is 152 cm³/mol. The molecular weight excluding hydrogens is 504 g/mol. The van der Waals surface area contributed by atoms with Gasteiger partial charge in [0.15, 0.2) is 0 Å². The highest BCUT2D eigenvalue weighted by molar-refractivity contribution is 6.22. The SMILES string of the molecule is COc1cccc([C@@H]2c3[nH]c4ccccc4c3C[C@H]3C(=O)N(c4ccc(C(=O)NC5CCCC5)cc4)C(=O)N23)c1. The first kappa shape index (κ1) is 24.5. The van der Waals surface area contributed by atoms with Gasteiger partial charge in [0.05, 0.1) is 12.8 Å². The summed E-state index contributed by atoms with van der Waals surface area (Å²) >= 11 is 0. The molecular formula is C32H30N4O4. The van der Waals surface area contributed by atoms with E-state index in [1.165, 1.54) is 4.90 Å². The number of ether oxygens (including phenoxy) is 1. The van der Waals surface area contributed by atoms with Crippen LogP contribution in [0.1, 0.15) is 58.9 Å². The molecule has 8 nitrogen and oxygen atoms in total. The highest BCUT2D eigenvalue weighted by atomic mass is 16.5. The molecule has 0 radical (unpaired) electrons. The average molecular weight is 535 g/mol. The van der Waals surface area contributed by atoms with Crippen molar-refractivity contribution >= 4 is 34.4 Å². The van der Waals surface area contributed by atoms with E-state index >= 15 is 0 Å². The van der Waals surface area contributed by atoms with Gasteiger partial charge in [-0.2, -0.15) is 0 Å². The number of hydrogen-bond donors (Lipinski definition) is 2. The molecule has 0 unspecified atom stereocenters. The van der Waals surface area contributed by atoms with E-state index < -0.39 is 12.1 Å². The van der Waals surface area contributed by atoms with Gasteiger partial charge in [-0.1, -0.05) is 43.2 Å². The van der Waals surface area contributed by atoms with E-state index in [9.17, 15) is 14.4 Å². The Morgan fingerprint density at radius 3 is 2.52 bits per heavy atom. The zero-order valence-corrected chi connectivity index (χ0v) is 22.2. The third kappa shape index (κ3) is 3.86. The van der Waals surface area contributed by atoms with Crippen LogP contribution in [0.25, 0.3) is 10.9 Å². The van der Waals surface area contributed by atoms with Crippen molar-refractivity contribution in [2.24, 2.45) is 0 Å². The number of benzene rings is 3. The van der Waals surface area contributed by atoms with Crippen LogP contribution in [0.3, 0.4) is 0 Å². The maximum atomic E-state index is 14.1. The summed E-state index contributed by atoms with van der Waals surface area (Å²) in [4.78, 5) is 47.2. The highest BCUT2D eigenvalue weighted by Gasteiger charge is 2.53. The Morgan fingerprint density at radius 2 is 1.75 bits per heavy atom. The van der Waals surface area contributed by atoms with Gasteiger partial charge in [0.25, 0.3) is 11.8 Å². The highest BCUT2D eigenvalue weighted by Crippen LogP contribution is 2.45. The Morgan fingerprint density at radius 1 is 0.975 bits per heavy atom. The van der Waals surface area contributed by atoms with Crippen molar-refractivity contribution in [2.75, 3.05) is 12.0 Å². The summed E-state index contributed by atoms with van der Waals surface area (Å²) in [6.07, 6.45) is 4.70. The monoisotopic (exact) mass is 534 g/mol. The third-order valence-electron chi connectivity index (χ3n) is 8.54. The summed E-state index contributed by atoms with van der Waals surface area (Å²) in [5, 5.41) is 4.15. The normalized spacial score (nSPS) is 20.6. The molecule has 7 rings (SSSR count). The second kappa shape index (κ2) is 9.55. The standard InChI is InChI=1S/C32H30N4O4/c1-40-23-10-6-7-20(17-23)29-28-25(24-11-4-5-12-26(24)34-28)18-27-31(38)35(32(39)36(27)29)22-15-13-19(14-16-22)30(37)33-21-8-2-3-9-21/h4-7,10-17,21,27,29,34H,2-3,8-9,18H2,1H3,(H,33,37)/t27-,29+/m0/s1. The molecule has 1 saturated heterocycles. The van der Waals surface area contributed by atoms with Crippen LogP contribution in [-0.4, -0.2) is 46.9 Å². The number of imide groups is 1. The number of carbonyl (C=O) groups excluding carboxylic acids is 3. The molecule has 0 spiro atoms. The summed E-state index contributed by atoms with van der Waals surface area (Å²) in [7, 11) is 1.61. The topological polar surface area (TPSA) is 94.7 Å². The number of hydrogen-bond acceptors (Lipinski definition) is 4. The Labute approximate surface area is 231 Å². The molecule has 3 aromatic carbocycles. The van der Waals surface area contributed by atoms with Crippen LogP contribution in [0.2, 0.25) is 0 Å². The van der Waals surface area contributed by atoms with E-state index in [0.29, 0.717) is 23.4 Å². The fraction of sp³-hybridized carbons (Fsp3) is 0.281. The van der Waals surface area contributed by atoms with Crippen molar-refractivity contribution in [3.05, 3.63) is 95.2 Å². The molecule has 2 atom stereocenters. The molecule has 4 amide bonds. The van der Waals surface area contributed by atoms with Gasteiger partial charge in [0.2, 0.25) is 0 Å². The van der Waals surface area contributed by atoms with Crippen molar-refractivity contribution in [3.8, 4) is 5.75 Å². The molecule has 2 N–H and O–H groups in total. The van der Waals surface area contributed by atoms with Crippen LogP contribution < -0.4 is 15.0 Å². The van der Waals surface area contributed by atoms with E-state index in [1.54, 1.807) is 36.3 Å². The number of anilines is 1. The quantitative estimate of drug-likeness (QED) is 0.338. The number of para-hydroxylation sites is 1. The zero-order chi connectivity index (χ0) is 27.4. The fourth-order valence-electron chi connectivity index (χ4n) is 6.57. The summed E-state index contributed by atoms with van der Waals surface area (Å²) in [5.74, 6) is 0.286. The van der Waals surface area contributed by atoms with Crippen LogP contribution >= 0.6 is 0 Å². The number of methoxy groups -OCH3 is 1. The lowest BCUT2D eigenvalue weighted by Gasteiger charge is -2.36. The molecule has 1 saturated carbocycles. The fourth-order valence-corrected chi connectivity index (χ4v) is 6.57. The first-order valence-corrected chi connectivity index (χ1v) is 13.8. The molecule has 2 fully saturated rings. The number of H-pyrrole nitrogens is 1. The number of nitrogens with one attached hydrogen (secondary N) is 2. The second-order valence-corrected chi connectivity index (χ2v) is 10.8. The number of aromatic amines is 1. The van der Waals surface area contributed by atoms with E-state index in [-0.39, 0.29) is 23.9 Å². The summed E-state index contributed by atoms with van der Waals surface area (Å²) in [6, 6.07) is 21.1. The minimum Gasteiger partial charge on any atom is -0.497 e. The molecule has 4 aromatic rings. The number of nitrogens with zero attached hydrogens (tertiary/aromatic N) is 2. The van der Waals surface area contributed by atoms with E-state index in [1.807, 2.05) is 42.5 Å². The van der Waals surface area contributed by atoms with Crippen LogP contribution in [0.5, 0.6) is 5.75 Å². The Kier molecular flexibility index (Phi) is 5.84. The predicted octanol–water partition coefficient (Wildman–Crippen LogP) is 5.33. The lowest BCUT2D eigenvalue weighted by molar-refractivity contribution is -0.120. The molecule has 8 heteroatoms. The van der Waals surface area contributed by atoms with Crippen LogP contribution in [0, 0.1) is 0 Å². The minimum absolute atomic E-state index is 0.126. The lowest BCUT2D eigenvalue weighted by Crippen LogP contribution is -2.44. The maximum Gasteiger partial charge on any atom is 0.332 e. The Hall–Kier alpha value is -4.59. The van der Waals surface area contributed by atoms with Gasteiger partial charge >= 0.3 is 6.03 Å². The molecule has 3 aliphatic rings. The summed E-state index contributed by atoms with van der Waals surface area (Å²) in [5.41, 5.74) is 4.77. The van der Waals surface area contributed by atoms with E-state index in [2.05, 4.69) is 16.4 Å². The average Bonchev–Trinajstić information content (AvgIpc) is 3.69. The second-order valence-electron chi connectivity index (χ2n) is 10.8. The smallest absolute Gasteiger partial charge is 0.332 e.